The van der Waals surface area contributed by atoms with Crippen molar-refractivity contribution >= 4 is 32.2 Å². The molecule has 0 saturated carbocycles. The van der Waals surface area contributed by atoms with Gasteiger partial charge in [0.15, 0.2) is 5.82 Å². The first kappa shape index (κ1) is 22.2. The Morgan fingerprint density at radius 1 is 1.50 bits per heavy atom. The van der Waals surface area contributed by atoms with Gasteiger partial charge in [-0.15, -0.1) is 0 Å². The third-order valence-corrected chi connectivity index (χ3v) is 4.38. The third-order valence-electron chi connectivity index (χ3n) is 3.49. The second kappa shape index (κ2) is 10.4. The number of aliphatic hydroxyl groups is 1. The summed E-state index contributed by atoms with van der Waals surface area (Å²) in [5.41, 5.74) is 4.78. The Bertz CT molecular complexity index is 653. The Labute approximate surface area is 151 Å². The minimum absolute atomic E-state index is 0.116. The molecule has 0 fully saturated rings. The monoisotopic (exact) mass is 392 g/mol. The van der Waals surface area contributed by atoms with Crippen molar-refractivity contribution in [3.8, 4) is 0 Å². The lowest BCUT2D eigenvalue weighted by atomic mass is 10.2. The highest BCUT2D eigenvalue weighted by molar-refractivity contribution is 7.33. The smallest absolute Gasteiger partial charge is 0.277 e. The molecule has 1 rings (SSSR count). The molecule has 3 unspecified atom stereocenters. The van der Waals surface area contributed by atoms with E-state index >= 15 is 0 Å². The van der Waals surface area contributed by atoms with Crippen molar-refractivity contribution < 1.29 is 24.6 Å². The molecule has 0 aliphatic carbocycles. The highest BCUT2D eigenvalue weighted by atomic mass is 31.1. The van der Waals surface area contributed by atoms with Gasteiger partial charge in [0.25, 0.3) is 5.56 Å². The van der Waals surface area contributed by atoms with Crippen LogP contribution in [0.1, 0.15) is 20.3 Å². The number of hydrogen-bond acceptors (Lipinski definition) is 10. The molecule has 12 nitrogen and oxygen atoms in total. The number of rotatable bonds is 10. The standard InChI is InChI=1S/C13H25N6O6P/c1-6(2)11(21)17-13-16-10(9(14)12(22)18-13)19(15)8(26-25-23)4-7(5-20)24-3/h6-8,20,23,26H,4-5,14-15H2,1-3H3,(H2,16,17,18,21,22). The van der Waals surface area contributed by atoms with Gasteiger partial charge < -0.3 is 15.6 Å². The Hall–Kier alpha value is -1.82. The van der Waals surface area contributed by atoms with Gasteiger partial charge in [0, 0.05) is 19.4 Å². The van der Waals surface area contributed by atoms with Gasteiger partial charge in [-0.3, -0.25) is 24.9 Å². The Balaban J connectivity index is 3.17. The molecule has 148 valence electrons. The van der Waals surface area contributed by atoms with Crippen LogP contribution in [0.3, 0.4) is 0 Å². The summed E-state index contributed by atoms with van der Waals surface area (Å²) >= 11 is 0. The lowest BCUT2D eigenvalue weighted by Crippen LogP contribution is -2.43. The average Bonchev–Trinajstić information content (AvgIpc) is 2.60. The quantitative estimate of drug-likeness (QED) is 0.130. The van der Waals surface area contributed by atoms with Crippen LogP contribution in [0.25, 0.3) is 0 Å². The van der Waals surface area contributed by atoms with Crippen LogP contribution in [-0.2, 0) is 14.2 Å². The van der Waals surface area contributed by atoms with Gasteiger partial charge in [-0.1, -0.05) is 13.8 Å². The molecule has 1 heterocycles. The highest BCUT2D eigenvalue weighted by Gasteiger charge is 2.26. The zero-order valence-corrected chi connectivity index (χ0v) is 15.7. The van der Waals surface area contributed by atoms with Gasteiger partial charge >= 0.3 is 0 Å². The lowest BCUT2D eigenvalue weighted by Gasteiger charge is -2.29. The minimum atomic E-state index is -0.706. The number of aliphatic hydroxyl groups excluding tert-OH is 1. The molecule has 1 aromatic heterocycles. The molecule has 1 aromatic rings. The van der Waals surface area contributed by atoms with Crippen molar-refractivity contribution in [2.24, 2.45) is 11.8 Å². The number of carbonyl (C=O) groups excluding carboxylic acids is 1. The summed E-state index contributed by atoms with van der Waals surface area (Å²) in [6.45, 7) is 3.07. The summed E-state index contributed by atoms with van der Waals surface area (Å²) in [5.74, 6) is 4.38. The van der Waals surface area contributed by atoms with Gasteiger partial charge in [0.1, 0.15) is 5.69 Å². The topological polar surface area (TPSA) is 189 Å². The summed E-state index contributed by atoms with van der Waals surface area (Å²) in [6.07, 6.45) is -0.429. The summed E-state index contributed by atoms with van der Waals surface area (Å²) in [5, 5.41) is 21.5. The van der Waals surface area contributed by atoms with Gasteiger partial charge in [-0.2, -0.15) is 4.98 Å². The number of methoxy groups -OCH3 is 1. The molecule has 0 saturated heterocycles. The number of H-pyrrole nitrogens is 1. The van der Waals surface area contributed by atoms with E-state index in [4.69, 9.17) is 21.6 Å². The minimum Gasteiger partial charge on any atom is -0.394 e. The fraction of sp³-hybridized carbons (Fsp3) is 0.615. The van der Waals surface area contributed by atoms with E-state index in [2.05, 4.69) is 20.0 Å². The van der Waals surface area contributed by atoms with Crippen molar-refractivity contribution in [3.63, 3.8) is 0 Å². The number of nitrogen functional groups attached to an aromatic ring is 1. The first-order chi connectivity index (χ1) is 12.2. The molecule has 3 atom stereocenters. The molecule has 26 heavy (non-hydrogen) atoms. The van der Waals surface area contributed by atoms with Crippen molar-refractivity contribution in [1.82, 2.24) is 9.97 Å². The largest absolute Gasteiger partial charge is 0.394 e. The summed E-state index contributed by atoms with van der Waals surface area (Å²) in [4.78, 5) is 30.2. The van der Waals surface area contributed by atoms with Gasteiger partial charge in [0.2, 0.25) is 11.9 Å². The summed E-state index contributed by atoms with van der Waals surface area (Å²) < 4.78 is 9.25. The molecule has 13 heteroatoms. The molecule has 0 spiro atoms. The molecular formula is C13H25N6O6P. The number of carbonyl (C=O) groups is 1. The molecule has 0 radical (unpaired) electrons. The second-order valence-corrected chi connectivity index (χ2v) is 6.79. The van der Waals surface area contributed by atoms with Crippen LogP contribution >= 0.6 is 8.81 Å². The highest BCUT2D eigenvalue weighted by Crippen LogP contribution is 2.30. The second-order valence-electron chi connectivity index (χ2n) is 5.70. The van der Waals surface area contributed by atoms with Crippen molar-refractivity contribution in [1.29, 1.82) is 0 Å². The molecule has 1 amide bonds. The molecule has 0 aliphatic heterocycles. The van der Waals surface area contributed by atoms with Crippen LogP contribution in [0.4, 0.5) is 17.5 Å². The number of nitrogens with zero attached hydrogens (tertiary/aromatic N) is 2. The average molecular weight is 392 g/mol. The van der Waals surface area contributed by atoms with E-state index in [0.717, 1.165) is 5.01 Å². The van der Waals surface area contributed by atoms with Crippen LogP contribution in [0.5, 0.6) is 0 Å². The normalized spacial score (nSPS) is 14.0. The fourth-order valence-electron chi connectivity index (χ4n) is 1.91. The zero-order valence-electron chi connectivity index (χ0n) is 14.7. The first-order valence-corrected chi connectivity index (χ1v) is 8.67. The Kier molecular flexibility index (Phi) is 8.85. The van der Waals surface area contributed by atoms with Gasteiger partial charge in [0.05, 0.1) is 27.3 Å². The fourth-order valence-corrected chi connectivity index (χ4v) is 2.63. The molecule has 0 aliphatic rings. The summed E-state index contributed by atoms with van der Waals surface area (Å²) in [6, 6.07) is 0. The van der Waals surface area contributed by atoms with E-state index in [1.54, 1.807) is 13.8 Å². The number of nitrogens with one attached hydrogen (secondary N) is 2. The van der Waals surface area contributed by atoms with Crippen molar-refractivity contribution in [3.05, 3.63) is 10.4 Å². The number of amides is 1. The maximum absolute atomic E-state index is 12.0. The Morgan fingerprint density at radius 3 is 2.65 bits per heavy atom. The number of ether oxygens (including phenoxy) is 1. The number of aromatic amines is 1. The van der Waals surface area contributed by atoms with Crippen LogP contribution in [0.15, 0.2) is 4.79 Å². The zero-order chi connectivity index (χ0) is 19.9. The van der Waals surface area contributed by atoms with E-state index < -0.39 is 26.3 Å². The third kappa shape index (κ3) is 5.87. The summed E-state index contributed by atoms with van der Waals surface area (Å²) in [7, 11) is 0.867. The number of hydrogen-bond donors (Lipinski definition) is 6. The van der Waals surface area contributed by atoms with Gasteiger partial charge in [-0.25, -0.2) is 15.8 Å². The van der Waals surface area contributed by atoms with Crippen LogP contribution in [0, 0.1) is 5.92 Å². The van der Waals surface area contributed by atoms with E-state index in [9.17, 15) is 14.7 Å². The van der Waals surface area contributed by atoms with E-state index in [0.29, 0.717) is 0 Å². The lowest BCUT2D eigenvalue weighted by molar-refractivity contribution is -0.124. The van der Waals surface area contributed by atoms with Crippen molar-refractivity contribution in [2.45, 2.75) is 32.2 Å². The number of aromatic nitrogens is 2. The molecular weight excluding hydrogens is 367 g/mol. The van der Waals surface area contributed by atoms with Gasteiger partial charge in [-0.05, 0) is 0 Å². The SMILES string of the molecule is COC(CO)CC(POO)N(N)c1nc(NC(=O)C(C)C)[nH]c(=O)c1N. The number of anilines is 3. The molecule has 0 bridgehead atoms. The van der Waals surface area contributed by atoms with E-state index in [1.807, 2.05) is 0 Å². The number of hydrazine groups is 1. The van der Waals surface area contributed by atoms with Crippen molar-refractivity contribution in [2.75, 3.05) is 29.8 Å². The number of nitrogens with two attached hydrogens (primary N) is 2. The predicted octanol–water partition coefficient (Wildman–Crippen LogP) is -0.567. The van der Waals surface area contributed by atoms with Crippen LogP contribution in [0.2, 0.25) is 0 Å². The van der Waals surface area contributed by atoms with Crippen LogP contribution < -0.4 is 27.5 Å². The van der Waals surface area contributed by atoms with E-state index in [1.165, 1.54) is 7.11 Å². The molecule has 8 N–H and O–H groups in total. The maximum atomic E-state index is 12.0. The Morgan fingerprint density at radius 2 is 2.15 bits per heavy atom. The predicted molar refractivity (Wildman–Crippen MR) is 97.7 cm³/mol. The van der Waals surface area contributed by atoms with Crippen LogP contribution in [-0.4, -0.2) is 51.8 Å². The maximum Gasteiger partial charge on any atom is 0.277 e. The molecule has 0 aromatic carbocycles. The first-order valence-electron chi connectivity index (χ1n) is 7.69. The van der Waals surface area contributed by atoms with E-state index in [-0.39, 0.29) is 42.3 Å².